The minimum atomic E-state index is -1.67. The summed E-state index contributed by atoms with van der Waals surface area (Å²) in [5, 5.41) is 76.1. The lowest BCUT2D eigenvalue weighted by atomic mass is 9.98. The number of aliphatic hydroxyl groups is 7. The minimum absolute atomic E-state index is 0.244. The van der Waals surface area contributed by atoms with E-state index in [1.165, 1.54) is 154 Å². The molecule has 1 saturated heterocycles. The summed E-state index contributed by atoms with van der Waals surface area (Å²) in [6.45, 7) is 3.45. The van der Waals surface area contributed by atoms with Crippen LogP contribution in [0.15, 0.2) is 36.5 Å². The topological polar surface area (TPSA) is 189 Å². The number of unbranched alkanes of at least 4 members (excludes halogenated alkanes) is 31. The van der Waals surface area contributed by atoms with Crippen LogP contribution in [0.5, 0.6) is 0 Å². The predicted molar refractivity (Wildman–Crippen MR) is 284 cm³/mol. The number of ether oxygens (including phenoxy) is 2. The molecule has 8 N–H and O–H groups in total. The maximum absolute atomic E-state index is 13.2. The number of carbonyl (C=O) groups excluding carboxylic acids is 1. The molecule has 0 aromatic carbocycles. The first-order valence-corrected chi connectivity index (χ1v) is 28.9. The molecule has 1 heterocycles. The molecule has 0 bridgehead atoms. The highest BCUT2D eigenvalue weighted by Gasteiger charge is 2.44. The van der Waals surface area contributed by atoms with E-state index in [1.807, 2.05) is 0 Å². The van der Waals surface area contributed by atoms with Gasteiger partial charge < -0.3 is 50.5 Å². The lowest BCUT2D eigenvalue weighted by Crippen LogP contribution is -2.60. The summed E-state index contributed by atoms with van der Waals surface area (Å²) in [4.78, 5) is 13.2. The van der Waals surface area contributed by atoms with E-state index in [9.17, 15) is 40.5 Å². The van der Waals surface area contributed by atoms with Gasteiger partial charge in [0.25, 0.3) is 0 Å². The number of allylic oxidation sites excluding steroid dienone is 6. The standard InChI is InChI=1S/C58H109NO10/c1-3-5-7-9-11-13-15-17-19-21-23-25-26-28-30-32-34-36-38-40-42-44-46-51(62)57(67)59-49(48-68-58-56(66)55(65)54(64)52(47-60)69-58)53(63)50(61)45-43-41-39-37-35-33-31-29-27-24-22-20-18-16-14-12-10-8-6-4-2/h28-31,37,39,49-56,58,60-66H,3-27,32-36,38,40-48H2,1-2H3,(H,59,67)/b30-28-,31-29+,39-37+. The zero-order valence-electron chi connectivity index (χ0n) is 44.3. The Balaban J connectivity index is 2.36. The number of nitrogens with one attached hydrogen (secondary N) is 1. The van der Waals surface area contributed by atoms with Crippen molar-refractivity contribution in [3.05, 3.63) is 36.5 Å². The molecule has 69 heavy (non-hydrogen) atoms. The van der Waals surface area contributed by atoms with Gasteiger partial charge in [0, 0.05) is 0 Å². The van der Waals surface area contributed by atoms with Gasteiger partial charge in [-0.2, -0.15) is 0 Å². The van der Waals surface area contributed by atoms with Crippen molar-refractivity contribution >= 4 is 5.91 Å². The fourth-order valence-corrected chi connectivity index (χ4v) is 9.16. The van der Waals surface area contributed by atoms with Crippen molar-refractivity contribution in [2.45, 2.75) is 313 Å². The van der Waals surface area contributed by atoms with Gasteiger partial charge in [0.2, 0.25) is 5.91 Å². The molecule has 1 fully saturated rings. The summed E-state index contributed by atoms with van der Waals surface area (Å²) in [5.74, 6) is -0.713. The summed E-state index contributed by atoms with van der Waals surface area (Å²) in [7, 11) is 0. The molecule has 0 saturated carbocycles. The zero-order valence-corrected chi connectivity index (χ0v) is 44.3. The number of hydrogen-bond donors (Lipinski definition) is 8. The van der Waals surface area contributed by atoms with E-state index in [-0.39, 0.29) is 12.8 Å². The Bertz CT molecular complexity index is 1210. The molecule has 9 unspecified atom stereocenters. The Hall–Kier alpha value is -1.67. The first-order chi connectivity index (χ1) is 33.7. The van der Waals surface area contributed by atoms with Crippen LogP contribution in [0.3, 0.4) is 0 Å². The second kappa shape index (κ2) is 47.3. The molecular formula is C58H109NO10. The Labute approximate surface area is 422 Å². The van der Waals surface area contributed by atoms with Gasteiger partial charge in [-0.15, -0.1) is 0 Å². The fraction of sp³-hybridized carbons (Fsp3) is 0.879. The first kappa shape index (κ1) is 65.3. The van der Waals surface area contributed by atoms with Gasteiger partial charge in [-0.3, -0.25) is 4.79 Å². The molecule has 0 aromatic heterocycles. The first-order valence-electron chi connectivity index (χ1n) is 28.9. The van der Waals surface area contributed by atoms with E-state index < -0.39 is 74.2 Å². The Morgan fingerprint density at radius 3 is 1.29 bits per heavy atom. The molecule has 11 nitrogen and oxygen atoms in total. The number of hydrogen-bond acceptors (Lipinski definition) is 10. The Morgan fingerprint density at radius 1 is 0.493 bits per heavy atom. The van der Waals surface area contributed by atoms with E-state index >= 15 is 0 Å². The van der Waals surface area contributed by atoms with E-state index in [1.54, 1.807) is 0 Å². The summed E-state index contributed by atoms with van der Waals surface area (Å²) in [6, 6.07) is -1.19. The average molecular weight is 981 g/mol. The number of aliphatic hydroxyl groups excluding tert-OH is 7. The van der Waals surface area contributed by atoms with Gasteiger partial charge in [-0.1, -0.05) is 217 Å². The Morgan fingerprint density at radius 2 is 0.870 bits per heavy atom. The number of carbonyl (C=O) groups is 1. The van der Waals surface area contributed by atoms with Crippen molar-refractivity contribution in [2.75, 3.05) is 13.2 Å². The molecule has 0 spiro atoms. The highest BCUT2D eigenvalue weighted by molar-refractivity contribution is 5.80. The molecule has 0 aliphatic carbocycles. The maximum atomic E-state index is 13.2. The van der Waals surface area contributed by atoms with E-state index in [0.717, 1.165) is 57.8 Å². The second-order valence-electron chi connectivity index (χ2n) is 20.3. The summed E-state index contributed by atoms with van der Waals surface area (Å²) in [6.07, 6.45) is 46.3. The summed E-state index contributed by atoms with van der Waals surface area (Å²) >= 11 is 0. The quantitative estimate of drug-likeness (QED) is 0.0215. The van der Waals surface area contributed by atoms with Crippen LogP contribution in [0.1, 0.15) is 258 Å². The normalized spacial score (nSPS) is 20.6. The molecule has 406 valence electrons. The van der Waals surface area contributed by atoms with Crippen LogP contribution in [0.2, 0.25) is 0 Å². The molecular weight excluding hydrogens is 871 g/mol. The summed E-state index contributed by atoms with van der Waals surface area (Å²) < 4.78 is 11.1. The molecule has 1 aliphatic heterocycles. The molecule has 11 heteroatoms. The molecule has 1 aliphatic rings. The van der Waals surface area contributed by atoms with Gasteiger partial charge in [0.1, 0.15) is 36.6 Å². The highest BCUT2D eigenvalue weighted by atomic mass is 16.7. The van der Waals surface area contributed by atoms with Crippen molar-refractivity contribution in [1.29, 1.82) is 0 Å². The Kier molecular flexibility index (Phi) is 44.8. The smallest absolute Gasteiger partial charge is 0.249 e. The molecule has 1 rings (SSSR count). The van der Waals surface area contributed by atoms with Gasteiger partial charge in [0.15, 0.2) is 6.29 Å². The summed E-state index contributed by atoms with van der Waals surface area (Å²) in [5.41, 5.74) is 0. The molecule has 0 radical (unpaired) electrons. The minimum Gasteiger partial charge on any atom is -0.394 e. The highest BCUT2D eigenvalue weighted by Crippen LogP contribution is 2.23. The number of amides is 1. The van der Waals surface area contributed by atoms with Crippen LogP contribution in [0, 0.1) is 0 Å². The van der Waals surface area contributed by atoms with Crippen LogP contribution in [-0.2, 0) is 14.3 Å². The van der Waals surface area contributed by atoms with Gasteiger partial charge in [-0.05, 0) is 77.0 Å². The van der Waals surface area contributed by atoms with Crippen molar-refractivity contribution < 1.29 is 50.0 Å². The van der Waals surface area contributed by atoms with Crippen molar-refractivity contribution in [2.24, 2.45) is 0 Å². The van der Waals surface area contributed by atoms with Gasteiger partial charge in [0.05, 0.1) is 25.4 Å². The third kappa shape index (κ3) is 36.0. The lowest BCUT2D eigenvalue weighted by Gasteiger charge is -2.40. The fourth-order valence-electron chi connectivity index (χ4n) is 9.16. The van der Waals surface area contributed by atoms with Crippen LogP contribution in [0.25, 0.3) is 0 Å². The van der Waals surface area contributed by atoms with Crippen LogP contribution >= 0.6 is 0 Å². The maximum Gasteiger partial charge on any atom is 0.249 e. The van der Waals surface area contributed by atoms with Crippen LogP contribution in [-0.4, -0.2) is 110 Å². The van der Waals surface area contributed by atoms with Gasteiger partial charge in [-0.25, -0.2) is 0 Å². The zero-order chi connectivity index (χ0) is 50.4. The van der Waals surface area contributed by atoms with Crippen LogP contribution in [0.4, 0.5) is 0 Å². The van der Waals surface area contributed by atoms with Crippen molar-refractivity contribution in [3.63, 3.8) is 0 Å². The van der Waals surface area contributed by atoms with E-state index in [4.69, 9.17) is 9.47 Å². The lowest BCUT2D eigenvalue weighted by molar-refractivity contribution is -0.303. The van der Waals surface area contributed by atoms with Crippen molar-refractivity contribution in [1.82, 2.24) is 5.32 Å². The molecule has 1 amide bonds. The average Bonchev–Trinajstić information content (AvgIpc) is 3.35. The second-order valence-corrected chi connectivity index (χ2v) is 20.3. The largest absolute Gasteiger partial charge is 0.394 e. The van der Waals surface area contributed by atoms with Crippen molar-refractivity contribution in [3.8, 4) is 0 Å². The van der Waals surface area contributed by atoms with E-state index in [0.29, 0.717) is 19.3 Å². The predicted octanol–water partition coefficient (Wildman–Crippen LogP) is 11.9. The van der Waals surface area contributed by atoms with Gasteiger partial charge >= 0.3 is 0 Å². The van der Waals surface area contributed by atoms with E-state index in [2.05, 4.69) is 55.6 Å². The molecule has 0 aromatic rings. The third-order valence-corrected chi connectivity index (χ3v) is 13.9. The van der Waals surface area contributed by atoms with Crippen LogP contribution < -0.4 is 5.32 Å². The molecule has 9 atom stereocenters. The third-order valence-electron chi connectivity index (χ3n) is 13.9. The monoisotopic (exact) mass is 980 g/mol. The SMILES string of the molecule is CCCCCCCCCCCCC/C=C/CC/C=C/CCCC(O)C(O)C(COC1OC(CO)C(O)C(O)C1O)NC(=O)C(O)CCCCCCCC/C=C\CCCCCCCCCCCCCC. The number of rotatable bonds is 49.